The molecule has 1 amide bonds. The molecular formula is C32H33N3O2. The first-order valence-corrected chi connectivity index (χ1v) is 12.6. The number of rotatable bonds is 8. The van der Waals surface area contributed by atoms with Gasteiger partial charge in [0.25, 0.3) is 0 Å². The number of hydrogen-bond acceptors (Lipinski definition) is 3. The van der Waals surface area contributed by atoms with E-state index >= 15 is 0 Å². The maximum Gasteiger partial charge on any atom is 0.412 e. The summed E-state index contributed by atoms with van der Waals surface area (Å²) in [4.78, 5) is 23.4. The second kappa shape index (κ2) is 11.7. The predicted octanol–water partition coefficient (Wildman–Crippen LogP) is 8.43. The standard InChI is InChI=1S/C32H33N3O2/c1-22(2)26-16-11-17-27(23(3)4)31(26)33-20-25-14-10-18-29(34-25)28-15-8-9-19-30(28)35(32(36)37)21-24-12-6-5-7-13-24/h5-20,22-23H,21H2,1-4H3,(H,36,37). The van der Waals surface area contributed by atoms with E-state index in [1.54, 1.807) is 6.21 Å². The number of anilines is 1. The van der Waals surface area contributed by atoms with Crippen molar-refractivity contribution < 1.29 is 9.90 Å². The quantitative estimate of drug-likeness (QED) is 0.252. The average Bonchev–Trinajstić information content (AvgIpc) is 2.91. The first-order chi connectivity index (χ1) is 17.8. The van der Waals surface area contributed by atoms with Crippen molar-refractivity contribution in [2.24, 2.45) is 4.99 Å². The minimum Gasteiger partial charge on any atom is -0.465 e. The molecule has 37 heavy (non-hydrogen) atoms. The van der Waals surface area contributed by atoms with Gasteiger partial charge in [-0.05, 0) is 46.7 Å². The number of para-hydroxylation sites is 2. The molecular weight excluding hydrogens is 458 g/mol. The third-order valence-corrected chi connectivity index (χ3v) is 6.32. The zero-order valence-electron chi connectivity index (χ0n) is 21.8. The molecule has 4 aromatic rings. The van der Waals surface area contributed by atoms with Crippen LogP contribution in [0.5, 0.6) is 0 Å². The number of aliphatic imine (C=N–C) groups is 1. The highest BCUT2D eigenvalue weighted by Crippen LogP contribution is 2.35. The maximum atomic E-state index is 12.3. The predicted molar refractivity (Wildman–Crippen MR) is 152 cm³/mol. The van der Waals surface area contributed by atoms with Crippen LogP contribution in [0, 0.1) is 0 Å². The van der Waals surface area contributed by atoms with Crippen LogP contribution in [0.2, 0.25) is 0 Å². The lowest BCUT2D eigenvalue weighted by Gasteiger charge is -2.22. The lowest BCUT2D eigenvalue weighted by atomic mass is 9.93. The molecule has 5 heteroatoms. The third-order valence-electron chi connectivity index (χ3n) is 6.32. The lowest BCUT2D eigenvalue weighted by Crippen LogP contribution is -2.29. The van der Waals surface area contributed by atoms with Crippen molar-refractivity contribution in [2.45, 2.75) is 46.1 Å². The first kappa shape index (κ1) is 25.8. The molecule has 3 aromatic carbocycles. The summed E-state index contributed by atoms with van der Waals surface area (Å²) in [5.41, 5.74) is 7.09. The molecule has 0 fully saturated rings. The number of amides is 1. The average molecular weight is 492 g/mol. The van der Waals surface area contributed by atoms with E-state index < -0.39 is 6.09 Å². The molecule has 1 N–H and O–H groups in total. The summed E-state index contributed by atoms with van der Waals surface area (Å²) in [6.45, 7) is 8.96. The van der Waals surface area contributed by atoms with Crippen LogP contribution < -0.4 is 4.90 Å². The van der Waals surface area contributed by atoms with Gasteiger partial charge in [-0.15, -0.1) is 0 Å². The summed E-state index contributed by atoms with van der Waals surface area (Å²) in [5, 5.41) is 10.1. The van der Waals surface area contributed by atoms with Crippen LogP contribution in [0.1, 0.15) is 61.9 Å². The van der Waals surface area contributed by atoms with Gasteiger partial charge in [-0.2, -0.15) is 0 Å². The minimum absolute atomic E-state index is 0.248. The van der Waals surface area contributed by atoms with E-state index in [0.717, 1.165) is 16.8 Å². The minimum atomic E-state index is -1.01. The van der Waals surface area contributed by atoms with E-state index in [1.807, 2.05) is 72.8 Å². The SMILES string of the molecule is CC(C)c1cccc(C(C)C)c1N=Cc1cccc(-c2ccccc2N(Cc2ccccc2)C(=O)O)n1. The topological polar surface area (TPSA) is 65.8 Å². The lowest BCUT2D eigenvalue weighted by molar-refractivity contribution is 0.201. The summed E-state index contributed by atoms with van der Waals surface area (Å²) >= 11 is 0. The van der Waals surface area contributed by atoms with Crippen molar-refractivity contribution >= 4 is 23.7 Å². The van der Waals surface area contributed by atoms with E-state index in [0.29, 0.717) is 28.9 Å². The highest BCUT2D eigenvalue weighted by Gasteiger charge is 2.19. The molecule has 4 rings (SSSR count). The maximum absolute atomic E-state index is 12.3. The summed E-state index contributed by atoms with van der Waals surface area (Å²) in [5.74, 6) is 0.701. The van der Waals surface area contributed by atoms with Gasteiger partial charge in [-0.3, -0.25) is 9.89 Å². The van der Waals surface area contributed by atoms with Crippen LogP contribution in [0.15, 0.2) is 96.0 Å². The fraction of sp³-hybridized carbons (Fsp3) is 0.219. The fourth-order valence-electron chi connectivity index (χ4n) is 4.41. The van der Waals surface area contributed by atoms with Crippen LogP contribution in [0.4, 0.5) is 16.2 Å². The summed E-state index contributed by atoms with van der Waals surface area (Å²) in [6.07, 6.45) is 0.790. The number of carbonyl (C=O) groups is 1. The Kier molecular flexibility index (Phi) is 8.14. The summed E-state index contributed by atoms with van der Waals surface area (Å²) in [7, 11) is 0. The number of benzene rings is 3. The van der Waals surface area contributed by atoms with Gasteiger partial charge >= 0.3 is 6.09 Å². The summed E-state index contributed by atoms with van der Waals surface area (Å²) in [6, 6.07) is 29.2. The molecule has 0 saturated carbocycles. The Morgan fingerprint density at radius 3 is 2.11 bits per heavy atom. The highest BCUT2D eigenvalue weighted by atomic mass is 16.4. The van der Waals surface area contributed by atoms with Gasteiger partial charge in [0.15, 0.2) is 0 Å². The van der Waals surface area contributed by atoms with Gasteiger partial charge in [0.2, 0.25) is 0 Å². The van der Waals surface area contributed by atoms with Gasteiger partial charge in [-0.25, -0.2) is 9.78 Å². The van der Waals surface area contributed by atoms with E-state index in [4.69, 9.17) is 9.98 Å². The smallest absolute Gasteiger partial charge is 0.412 e. The van der Waals surface area contributed by atoms with Crippen molar-refractivity contribution in [2.75, 3.05) is 4.90 Å². The first-order valence-electron chi connectivity index (χ1n) is 12.6. The molecule has 0 radical (unpaired) electrons. The number of nitrogens with zero attached hydrogens (tertiary/aromatic N) is 3. The van der Waals surface area contributed by atoms with Gasteiger partial charge in [0, 0.05) is 5.56 Å². The van der Waals surface area contributed by atoms with E-state index in [9.17, 15) is 9.90 Å². The van der Waals surface area contributed by atoms with E-state index in [1.165, 1.54) is 16.0 Å². The number of carboxylic acid groups (broad SMARTS) is 1. The molecule has 0 aliphatic carbocycles. The second-order valence-corrected chi connectivity index (χ2v) is 9.67. The molecule has 0 aliphatic rings. The van der Waals surface area contributed by atoms with Crippen LogP contribution in [0.25, 0.3) is 11.3 Å². The fourth-order valence-corrected chi connectivity index (χ4v) is 4.41. The molecule has 0 atom stereocenters. The van der Waals surface area contributed by atoms with Crippen molar-refractivity contribution in [3.63, 3.8) is 0 Å². The zero-order valence-corrected chi connectivity index (χ0v) is 21.8. The molecule has 0 aliphatic heterocycles. The molecule has 188 valence electrons. The van der Waals surface area contributed by atoms with Crippen LogP contribution in [-0.2, 0) is 6.54 Å². The molecule has 0 bridgehead atoms. The molecule has 0 saturated heterocycles. The van der Waals surface area contributed by atoms with Gasteiger partial charge in [0.05, 0.1) is 35.5 Å². The molecule has 1 heterocycles. The largest absolute Gasteiger partial charge is 0.465 e. The Labute approximate surface area is 219 Å². The van der Waals surface area contributed by atoms with Crippen LogP contribution in [-0.4, -0.2) is 22.4 Å². The van der Waals surface area contributed by atoms with Crippen molar-refractivity contribution in [3.8, 4) is 11.3 Å². The van der Waals surface area contributed by atoms with Gasteiger partial charge in [-0.1, -0.05) is 100 Å². The van der Waals surface area contributed by atoms with Gasteiger partial charge < -0.3 is 5.11 Å². The second-order valence-electron chi connectivity index (χ2n) is 9.67. The Balaban J connectivity index is 1.71. The monoisotopic (exact) mass is 491 g/mol. The van der Waals surface area contributed by atoms with Crippen molar-refractivity contribution in [3.05, 3.63) is 113 Å². The van der Waals surface area contributed by atoms with E-state index in [-0.39, 0.29) is 6.54 Å². The van der Waals surface area contributed by atoms with Crippen LogP contribution in [0.3, 0.4) is 0 Å². The van der Waals surface area contributed by atoms with Crippen LogP contribution >= 0.6 is 0 Å². The number of hydrogen-bond donors (Lipinski definition) is 1. The molecule has 5 nitrogen and oxygen atoms in total. The molecule has 1 aromatic heterocycles. The Morgan fingerprint density at radius 2 is 1.46 bits per heavy atom. The normalized spacial score (nSPS) is 11.4. The Bertz CT molecular complexity index is 1370. The molecule has 0 spiro atoms. The molecule has 0 unspecified atom stereocenters. The van der Waals surface area contributed by atoms with E-state index in [2.05, 4.69) is 45.9 Å². The van der Waals surface area contributed by atoms with Gasteiger partial charge in [0.1, 0.15) is 0 Å². The summed E-state index contributed by atoms with van der Waals surface area (Å²) < 4.78 is 0. The third kappa shape index (κ3) is 6.12. The highest BCUT2D eigenvalue weighted by molar-refractivity contribution is 5.92. The number of aromatic nitrogens is 1. The Morgan fingerprint density at radius 1 is 0.838 bits per heavy atom. The number of pyridine rings is 1. The zero-order chi connectivity index (χ0) is 26.4. The van der Waals surface area contributed by atoms with Crippen molar-refractivity contribution in [1.29, 1.82) is 0 Å². The van der Waals surface area contributed by atoms with Crippen molar-refractivity contribution in [1.82, 2.24) is 4.98 Å². The Hall–Kier alpha value is -4.25.